The number of aliphatic hydroxyl groups is 1. The maximum atomic E-state index is 9.54. The molecular formula is C17H23N3O4. The molecule has 24 heavy (non-hydrogen) atoms. The number of benzene rings is 1. The summed E-state index contributed by atoms with van der Waals surface area (Å²) in [7, 11) is 3.22. The van der Waals surface area contributed by atoms with Crippen molar-refractivity contribution >= 4 is 16.7 Å². The van der Waals surface area contributed by atoms with Crippen molar-refractivity contribution in [1.82, 2.24) is 9.97 Å². The van der Waals surface area contributed by atoms with E-state index < -0.39 is 0 Å². The number of ether oxygens (including phenoxy) is 3. The van der Waals surface area contributed by atoms with Crippen LogP contribution in [-0.4, -0.2) is 60.7 Å². The van der Waals surface area contributed by atoms with E-state index in [0.717, 1.165) is 16.7 Å². The van der Waals surface area contributed by atoms with Gasteiger partial charge >= 0.3 is 0 Å². The number of morpholine rings is 1. The standard InChI is InChI=1S/C17H23N3O4/c1-17(2)9-20(7-12(8-21)24-17)16-13-5-11(22-3)6-14(23-4)15(13)18-10-19-16/h5-6,10,12,21H,7-9H2,1-4H3. The fourth-order valence-electron chi connectivity index (χ4n) is 3.17. The first kappa shape index (κ1) is 16.7. The van der Waals surface area contributed by atoms with Crippen LogP contribution in [0.1, 0.15) is 13.8 Å². The minimum absolute atomic E-state index is 0.0322. The Bertz CT molecular complexity index is 735. The molecule has 0 aliphatic carbocycles. The van der Waals surface area contributed by atoms with Gasteiger partial charge in [-0.3, -0.25) is 0 Å². The molecule has 0 radical (unpaired) electrons. The molecule has 1 N–H and O–H groups in total. The van der Waals surface area contributed by atoms with Gasteiger partial charge in [0, 0.05) is 19.2 Å². The van der Waals surface area contributed by atoms with Gasteiger partial charge in [-0.15, -0.1) is 0 Å². The second kappa shape index (κ2) is 6.41. The number of aromatic nitrogens is 2. The molecular weight excluding hydrogens is 310 g/mol. The van der Waals surface area contributed by atoms with E-state index in [1.807, 2.05) is 19.9 Å². The Balaban J connectivity index is 2.11. The van der Waals surface area contributed by atoms with Gasteiger partial charge in [0.2, 0.25) is 0 Å². The molecule has 7 heteroatoms. The Hall–Kier alpha value is -2.12. The number of methoxy groups -OCH3 is 2. The predicted octanol–water partition coefficient (Wildman–Crippen LogP) is 1.62. The number of aliphatic hydroxyl groups excluding tert-OH is 1. The highest BCUT2D eigenvalue weighted by molar-refractivity contribution is 5.94. The molecule has 1 atom stereocenters. The maximum absolute atomic E-state index is 9.54. The second-order valence-corrected chi connectivity index (χ2v) is 6.49. The van der Waals surface area contributed by atoms with Gasteiger partial charge in [0.15, 0.2) is 0 Å². The number of hydrogen-bond donors (Lipinski definition) is 1. The minimum Gasteiger partial charge on any atom is -0.497 e. The lowest BCUT2D eigenvalue weighted by atomic mass is 10.0. The van der Waals surface area contributed by atoms with Crippen LogP contribution in [0.15, 0.2) is 18.5 Å². The quantitative estimate of drug-likeness (QED) is 0.911. The van der Waals surface area contributed by atoms with Gasteiger partial charge < -0.3 is 24.2 Å². The highest BCUT2D eigenvalue weighted by atomic mass is 16.5. The van der Waals surface area contributed by atoms with E-state index in [4.69, 9.17) is 14.2 Å². The van der Waals surface area contributed by atoms with Crippen molar-refractivity contribution in [2.45, 2.75) is 25.6 Å². The summed E-state index contributed by atoms with van der Waals surface area (Å²) in [4.78, 5) is 11.0. The Labute approximate surface area is 141 Å². The largest absolute Gasteiger partial charge is 0.497 e. The molecule has 0 amide bonds. The fourth-order valence-corrected chi connectivity index (χ4v) is 3.17. The van der Waals surface area contributed by atoms with Crippen LogP contribution in [0.4, 0.5) is 5.82 Å². The van der Waals surface area contributed by atoms with Gasteiger partial charge in [0.25, 0.3) is 0 Å². The molecule has 1 aliphatic heterocycles. The van der Waals surface area contributed by atoms with Crippen molar-refractivity contribution in [2.24, 2.45) is 0 Å². The van der Waals surface area contributed by atoms with E-state index >= 15 is 0 Å². The zero-order valence-corrected chi connectivity index (χ0v) is 14.4. The summed E-state index contributed by atoms with van der Waals surface area (Å²) in [5.74, 6) is 2.10. The topological polar surface area (TPSA) is 76.9 Å². The van der Waals surface area contributed by atoms with E-state index in [9.17, 15) is 5.11 Å². The van der Waals surface area contributed by atoms with Crippen LogP contribution >= 0.6 is 0 Å². The SMILES string of the molecule is COc1cc(OC)c2ncnc(N3CC(CO)OC(C)(C)C3)c2c1. The Morgan fingerprint density at radius 2 is 2.08 bits per heavy atom. The Morgan fingerprint density at radius 3 is 2.75 bits per heavy atom. The van der Waals surface area contributed by atoms with Crippen LogP contribution in [0.5, 0.6) is 11.5 Å². The van der Waals surface area contributed by atoms with Gasteiger partial charge in [0.05, 0.1) is 37.9 Å². The summed E-state index contributed by atoms with van der Waals surface area (Å²) in [5, 5.41) is 10.4. The molecule has 1 aromatic carbocycles. The average Bonchev–Trinajstić information content (AvgIpc) is 2.58. The minimum atomic E-state index is -0.383. The molecule has 0 bridgehead atoms. The van der Waals surface area contributed by atoms with Crippen LogP contribution in [-0.2, 0) is 4.74 Å². The third kappa shape index (κ3) is 3.09. The molecule has 2 heterocycles. The van der Waals surface area contributed by atoms with Gasteiger partial charge in [-0.2, -0.15) is 0 Å². The number of nitrogens with zero attached hydrogens (tertiary/aromatic N) is 3. The van der Waals surface area contributed by atoms with E-state index in [-0.39, 0.29) is 18.3 Å². The summed E-state index contributed by atoms with van der Waals surface area (Å²) in [6.45, 7) is 5.20. The van der Waals surface area contributed by atoms with Crippen LogP contribution in [0.3, 0.4) is 0 Å². The number of hydrogen-bond acceptors (Lipinski definition) is 7. The van der Waals surface area contributed by atoms with E-state index in [1.165, 1.54) is 6.33 Å². The summed E-state index contributed by atoms with van der Waals surface area (Å²) < 4.78 is 16.7. The van der Waals surface area contributed by atoms with Crippen molar-refractivity contribution in [3.63, 3.8) is 0 Å². The molecule has 7 nitrogen and oxygen atoms in total. The monoisotopic (exact) mass is 333 g/mol. The third-order valence-corrected chi connectivity index (χ3v) is 4.10. The highest BCUT2D eigenvalue weighted by Crippen LogP contribution is 2.35. The maximum Gasteiger partial charge on any atom is 0.148 e. The normalized spacial score (nSPS) is 20.2. The van der Waals surface area contributed by atoms with E-state index in [1.54, 1.807) is 20.3 Å². The lowest BCUT2D eigenvalue weighted by Crippen LogP contribution is -2.54. The molecule has 1 aromatic heterocycles. The number of rotatable bonds is 4. The molecule has 3 rings (SSSR count). The summed E-state index contributed by atoms with van der Waals surface area (Å²) in [5.41, 5.74) is 0.347. The Morgan fingerprint density at radius 1 is 1.29 bits per heavy atom. The first-order valence-electron chi connectivity index (χ1n) is 7.88. The van der Waals surface area contributed by atoms with Crippen molar-refractivity contribution in [3.8, 4) is 11.5 Å². The summed E-state index contributed by atoms with van der Waals surface area (Å²) >= 11 is 0. The molecule has 1 unspecified atom stereocenters. The molecule has 1 fully saturated rings. The molecule has 1 saturated heterocycles. The van der Waals surface area contributed by atoms with Crippen molar-refractivity contribution in [3.05, 3.63) is 18.5 Å². The van der Waals surface area contributed by atoms with Crippen LogP contribution in [0.25, 0.3) is 10.9 Å². The fraction of sp³-hybridized carbons (Fsp3) is 0.529. The molecule has 130 valence electrons. The smallest absolute Gasteiger partial charge is 0.148 e. The van der Waals surface area contributed by atoms with E-state index in [2.05, 4.69) is 14.9 Å². The van der Waals surface area contributed by atoms with Gasteiger partial charge in [-0.05, 0) is 19.9 Å². The van der Waals surface area contributed by atoms with Crippen molar-refractivity contribution in [1.29, 1.82) is 0 Å². The zero-order chi connectivity index (χ0) is 17.3. The highest BCUT2D eigenvalue weighted by Gasteiger charge is 2.34. The summed E-state index contributed by atoms with van der Waals surface area (Å²) in [6.07, 6.45) is 1.27. The van der Waals surface area contributed by atoms with Crippen LogP contribution < -0.4 is 14.4 Å². The molecule has 2 aromatic rings. The Kier molecular flexibility index (Phi) is 4.47. The molecule has 0 saturated carbocycles. The van der Waals surface area contributed by atoms with Crippen molar-refractivity contribution in [2.75, 3.05) is 38.8 Å². The van der Waals surface area contributed by atoms with Gasteiger partial charge in [-0.25, -0.2) is 9.97 Å². The van der Waals surface area contributed by atoms with E-state index in [0.29, 0.717) is 24.6 Å². The van der Waals surface area contributed by atoms with Crippen molar-refractivity contribution < 1.29 is 19.3 Å². The first-order valence-corrected chi connectivity index (χ1v) is 7.88. The first-order chi connectivity index (χ1) is 11.5. The molecule has 1 aliphatic rings. The third-order valence-electron chi connectivity index (χ3n) is 4.10. The van der Waals surface area contributed by atoms with Gasteiger partial charge in [-0.1, -0.05) is 0 Å². The predicted molar refractivity (Wildman–Crippen MR) is 90.9 cm³/mol. The van der Waals surface area contributed by atoms with Crippen LogP contribution in [0.2, 0.25) is 0 Å². The van der Waals surface area contributed by atoms with Crippen LogP contribution in [0, 0.1) is 0 Å². The number of anilines is 1. The second-order valence-electron chi connectivity index (χ2n) is 6.49. The lowest BCUT2D eigenvalue weighted by molar-refractivity contribution is -0.101. The summed E-state index contributed by atoms with van der Waals surface area (Å²) in [6, 6.07) is 3.71. The average molecular weight is 333 g/mol. The molecule has 0 spiro atoms. The zero-order valence-electron chi connectivity index (χ0n) is 14.4. The number of fused-ring (bicyclic) bond motifs is 1. The lowest BCUT2D eigenvalue weighted by Gasteiger charge is -2.43. The van der Waals surface area contributed by atoms with Gasteiger partial charge in [0.1, 0.15) is 29.2 Å².